The second kappa shape index (κ2) is 6.41. The summed E-state index contributed by atoms with van der Waals surface area (Å²) >= 11 is 3.55. The molecule has 0 aliphatic heterocycles. The van der Waals surface area contributed by atoms with E-state index in [2.05, 4.69) is 34.2 Å². The van der Waals surface area contributed by atoms with Gasteiger partial charge in [0.2, 0.25) is 0 Å². The molecule has 3 heteroatoms. The lowest BCUT2D eigenvalue weighted by atomic mass is 9.93. The second-order valence-corrected chi connectivity index (χ2v) is 5.41. The molecule has 0 amide bonds. The smallest absolute Gasteiger partial charge is 0.135 e. The summed E-state index contributed by atoms with van der Waals surface area (Å²) in [5.41, 5.74) is 1.57. The van der Waals surface area contributed by atoms with Gasteiger partial charge in [-0.2, -0.15) is 0 Å². The SMILES string of the molecule is CCNC(CC1=CCCCC1)c1occc1Br. The van der Waals surface area contributed by atoms with Crippen LogP contribution in [0, 0.1) is 0 Å². The van der Waals surface area contributed by atoms with Crippen molar-refractivity contribution < 1.29 is 4.42 Å². The first-order chi connectivity index (χ1) is 8.31. The van der Waals surface area contributed by atoms with Gasteiger partial charge in [0.15, 0.2) is 0 Å². The summed E-state index contributed by atoms with van der Waals surface area (Å²) in [4.78, 5) is 0. The van der Waals surface area contributed by atoms with Crippen LogP contribution in [0.1, 0.15) is 50.8 Å². The Kier molecular flexibility index (Phi) is 4.86. The van der Waals surface area contributed by atoms with Crippen LogP contribution in [0.2, 0.25) is 0 Å². The molecule has 2 rings (SSSR count). The summed E-state index contributed by atoms with van der Waals surface area (Å²) in [5, 5.41) is 3.51. The predicted molar refractivity (Wildman–Crippen MR) is 74.0 cm³/mol. The summed E-state index contributed by atoms with van der Waals surface area (Å²) < 4.78 is 6.65. The Morgan fingerprint density at radius 3 is 2.94 bits per heavy atom. The third-order valence-electron chi connectivity index (χ3n) is 3.26. The summed E-state index contributed by atoms with van der Waals surface area (Å²) in [5.74, 6) is 1.03. The fourth-order valence-corrected chi connectivity index (χ4v) is 2.89. The van der Waals surface area contributed by atoms with Gasteiger partial charge in [-0.25, -0.2) is 0 Å². The molecule has 0 spiro atoms. The molecule has 2 nitrogen and oxygen atoms in total. The lowest BCUT2D eigenvalue weighted by Gasteiger charge is -2.20. The van der Waals surface area contributed by atoms with E-state index in [-0.39, 0.29) is 0 Å². The van der Waals surface area contributed by atoms with Crippen LogP contribution >= 0.6 is 15.9 Å². The van der Waals surface area contributed by atoms with Crippen molar-refractivity contribution in [2.24, 2.45) is 0 Å². The van der Waals surface area contributed by atoms with E-state index in [1.165, 1.54) is 25.7 Å². The number of rotatable bonds is 5. The van der Waals surface area contributed by atoms with Crippen LogP contribution in [-0.2, 0) is 0 Å². The molecular formula is C14H20BrNO. The Morgan fingerprint density at radius 2 is 2.35 bits per heavy atom. The first kappa shape index (κ1) is 12.9. The molecule has 0 aromatic carbocycles. The molecule has 0 bridgehead atoms. The minimum atomic E-state index is 0.300. The van der Waals surface area contributed by atoms with Gasteiger partial charge in [-0.15, -0.1) is 0 Å². The van der Waals surface area contributed by atoms with Crippen LogP contribution in [0.3, 0.4) is 0 Å². The first-order valence-corrected chi connectivity index (χ1v) is 7.24. The Balaban J connectivity index is 2.07. The highest BCUT2D eigenvalue weighted by molar-refractivity contribution is 9.10. The van der Waals surface area contributed by atoms with Gasteiger partial charge in [0, 0.05) is 0 Å². The third-order valence-corrected chi connectivity index (χ3v) is 3.92. The zero-order valence-corrected chi connectivity index (χ0v) is 11.9. The normalized spacial score (nSPS) is 17.9. The van der Waals surface area contributed by atoms with Crippen molar-refractivity contribution in [3.8, 4) is 0 Å². The molecular weight excluding hydrogens is 278 g/mol. The zero-order chi connectivity index (χ0) is 12.1. The standard InChI is InChI=1S/C14H20BrNO/c1-2-16-13(14-12(15)8-9-17-14)10-11-6-4-3-5-7-11/h6,8-9,13,16H,2-5,7,10H2,1H3. The number of hydrogen-bond donors (Lipinski definition) is 1. The van der Waals surface area contributed by atoms with Gasteiger partial charge in [-0.3, -0.25) is 0 Å². The molecule has 1 aliphatic carbocycles. The fourth-order valence-electron chi connectivity index (χ4n) is 2.41. The molecule has 0 fully saturated rings. The average Bonchev–Trinajstić information content (AvgIpc) is 2.76. The van der Waals surface area contributed by atoms with Crippen LogP contribution in [0.4, 0.5) is 0 Å². The van der Waals surface area contributed by atoms with E-state index in [1.807, 2.05) is 6.07 Å². The minimum absolute atomic E-state index is 0.300. The van der Waals surface area contributed by atoms with Crippen molar-refractivity contribution in [3.63, 3.8) is 0 Å². The highest BCUT2D eigenvalue weighted by Gasteiger charge is 2.19. The fraction of sp³-hybridized carbons (Fsp3) is 0.571. The van der Waals surface area contributed by atoms with Gasteiger partial charge in [-0.1, -0.05) is 18.6 Å². The van der Waals surface area contributed by atoms with Crippen LogP contribution in [0.5, 0.6) is 0 Å². The molecule has 1 aliphatic rings. The summed E-state index contributed by atoms with van der Waals surface area (Å²) in [6.45, 7) is 3.10. The molecule has 17 heavy (non-hydrogen) atoms. The Hall–Kier alpha value is -0.540. The van der Waals surface area contributed by atoms with Gasteiger partial charge < -0.3 is 9.73 Å². The molecule has 1 aromatic heterocycles. The highest BCUT2D eigenvalue weighted by Crippen LogP contribution is 2.31. The topological polar surface area (TPSA) is 25.2 Å². The van der Waals surface area contributed by atoms with E-state index >= 15 is 0 Å². The summed E-state index contributed by atoms with van der Waals surface area (Å²) in [6, 6.07) is 2.27. The Morgan fingerprint density at radius 1 is 1.47 bits per heavy atom. The van der Waals surface area contributed by atoms with E-state index in [1.54, 1.807) is 11.8 Å². The quantitative estimate of drug-likeness (QED) is 0.805. The number of hydrogen-bond acceptors (Lipinski definition) is 2. The number of furan rings is 1. The van der Waals surface area contributed by atoms with E-state index in [9.17, 15) is 0 Å². The van der Waals surface area contributed by atoms with Crippen molar-refractivity contribution in [3.05, 3.63) is 34.2 Å². The molecule has 94 valence electrons. The van der Waals surface area contributed by atoms with Gasteiger partial charge in [0.05, 0.1) is 16.8 Å². The molecule has 0 saturated carbocycles. The van der Waals surface area contributed by atoms with E-state index in [0.717, 1.165) is 23.2 Å². The molecule has 1 N–H and O–H groups in total. The largest absolute Gasteiger partial charge is 0.466 e. The molecule has 1 aromatic rings. The molecule has 0 radical (unpaired) electrons. The Bertz CT molecular complexity index is 383. The van der Waals surface area contributed by atoms with Crippen molar-refractivity contribution in [2.45, 2.75) is 45.1 Å². The van der Waals surface area contributed by atoms with Crippen LogP contribution < -0.4 is 5.32 Å². The zero-order valence-electron chi connectivity index (χ0n) is 10.3. The summed E-state index contributed by atoms with van der Waals surface area (Å²) in [6.07, 6.45) is 10.4. The van der Waals surface area contributed by atoms with E-state index in [0.29, 0.717) is 6.04 Å². The molecule has 1 atom stereocenters. The van der Waals surface area contributed by atoms with Crippen molar-refractivity contribution in [2.75, 3.05) is 6.54 Å². The lowest BCUT2D eigenvalue weighted by molar-refractivity contribution is 0.408. The van der Waals surface area contributed by atoms with Crippen LogP contribution in [0.25, 0.3) is 0 Å². The summed E-state index contributed by atoms with van der Waals surface area (Å²) in [7, 11) is 0. The maximum Gasteiger partial charge on any atom is 0.135 e. The van der Waals surface area contributed by atoms with Crippen molar-refractivity contribution in [1.82, 2.24) is 5.32 Å². The van der Waals surface area contributed by atoms with Crippen molar-refractivity contribution >= 4 is 15.9 Å². The maximum atomic E-state index is 5.58. The van der Waals surface area contributed by atoms with Crippen LogP contribution in [0.15, 0.2) is 32.9 Å². The predicted octanol–water partition coefficient (Wildman–Crippen LogP) is 4.58. The average molecular weight is 298 g/mol. The van der Waals surface area contributed by atoms with Gasteiger partial charge in [0.1, 0.15) is 5.76 Å². The lowest BCUT2D eigenvalue weighted by Crippen LogP contribution is -2.21. The van der Waals surface area contributed by atoms with Crippen molar-refractivity contribution in [1.29, 1.82) is 0 Å². The number of allylic oxidation sites excluding steroid dienone is 1. The van der Waals surface area contributed by atoms with Gasteiger partial charge in [-0.05, 0) is 60.6 Å². The van der Waals surface area contributed by atoms with Gasteiger partial charge in [0.25, 0.3) is 0 Å². The van der Waals surface area contributed by atoms with Gasteiger partial charge >= 0.3 is 0 Å². The van der Waals surface area contributed by atoms with E-state index < -0.39 is 0 Å². The number of halogens is 1. The molecule has 0 saturated heterocycles. The minimum Gasteiger partial charge on any atom is -0.466 e. The highest BCUT2D eigenvalue weighted by atomic mass is 79.9. The monoisotopic (exact) mass is 297 g/mol. The second-order valence-electron chi connectivity index (χ2n) is 4.56. The Labute approximate surface area is 112 Å². The van der Waals surface area contributed by atoms with E-state index in [4.69, 9.17) is 4.42 Å². The van der Waals surface area contributed by atoms with Crippen LogP contribution in [-0.4, -0.2) is 6.54 Å². The maximum absolute atomic E-state index is 5.58. The number of nitrogens with one attached hydrogen (secondary N) is 1. The molecule has 1 unspecified atom stereocenters. The first-order valence-electron chi connectivity index (χ1n) is 6.45. The third kappa shape index (κ3) is 3.46. The molecule has 1 heterocycles.